The number of amides is 1. The third-order valence-electron chi connectivity index (χ3n) is 2.77. The summed E-state index contributed by atoms with van der Waals surface area (Å²) in [5, 5.41) is 13.7. The molecular weight excluding hydrogens is 296 g/mol. The Morgan fingerprint density at radius 2 is 2.14 bits per heavy atom. The SMILES string of the molecule is CC(C)CCOCCNC(=O)c1cc(Cl)ccc1[N+](=O)[O-]. The summed E-state index contributed by atoms with van der Waals surface area (Å²) in [7, 11) is 0. The molecule has 0 saturated carbocycles. The molecular formula is C14H19ClN2O4. The first kappa shape index (κ1) is 17.4. The molecule has 0 fully saturated rings. The van der Waals surface area contributed by atoms with Gasteiger partial charge in [-0.15, -0.1) is 0 Å². The highest BCUT2D eigenvalue weighted by atomic mass is 35.5. The average molecular weight is 315 g/mol. The Balaban J connectivity index is 2.49. The van der Waals surface area contributed by atoms with Gasteiger partial charge in [0.15, 0.2) is 0 Å². The Kier molecular flexibility index (Phi) is 7.11. The zero-order valence-corrected chi connectivity index (χ0v) is 12.9. The number of rotatable bonds is 8. The number of benzene rings is 1. The van der Waals surface area contributed by atoms with E-state index in [4.69, 9.17) is 16.3 Å². The molecule has 21 heavy (non-hydrogen) atoms. The van der Waals surface area contributed by atoms with Crippen LogP contribution in [0.2, 0.25) is 5.02 Å². The fourth-order valence-electron chi connectivity index (χ4n) is 1.60. The molecule has 1 aromatic rings. The number of carbonyl (C=O) groups excluding carboxylic acids is 1. The number of nitrogens with one attached hydrogen (secondary N) is 1. The molecule has 1 aromatic carbocycles. The zero-order valence-electron chi connectivity index (χ0n) is 12.1. The molecule has 1 rings (SSSR count). The van der Waals surface area contributed by atoms with Gasteiger partial charge in [0.25, 0.3) is 11.6 Å². The number of halogens is 1. The van der Waals surface area contributed by atoms with Gasteiger partial charge in [-0.1, -0.05) is 25.4 Å². The number of ether oxygens (including phenoxy) is 1. The first-order chi connectivity index (χ1) is 9.91. The smallest absolute Gasteiger partial charge is 0.282 e. The first-order valence-electron chi connectivity index (χ1n) is 6.71. The highest BCUT2D eigenvalue weighted by Gasteiger charge is 2.19. The van der Waals surface area contributed by atoms with Crippen LogP contribution in [0.4, 0.5) is 5.69 Å². The highest BCUT2D eigenvalue weighted by molar-refractivity contribution is 6.31. The van der Waals surface area contributed by atoms with E-state index in [-0.39, 0.29) is 16.3 Å². The molecule has 0 heterocycles. The van der Waals surface area contributed by atoms with Crippen LogP contribution < -0.4 is 5.32 Å². The van der Waals surface area contributed by atoms with Gasteiger partial charge in [0.1, 0.15) is 5.56 Å². The van der Waals surface area contributed by atoms with E-state index in [1.807, 2.05) is 0 Å². The van der Waals surface area contributed by atoms with Crippen molar-refractivity contribution in [3.8, 4) is 0 Å². The van der Waals surface area contributed by atoms with Crippen LogP contribution in [-0.4, -0.2) is 30.6 Å². The molecule has 0 spiro atoms. The van der Waals surface area contributed by atoms with Gasteiger partial charge in [0.05, 0.1) is 11.5 Å². The number of nitro benzene ring substituents is 1. The lowest BCUT2D eigenvalue weighted by Gasteiger charge is -2.08. The van der Waals surface area contributed by atoms with Crippen LogP contribution in [0.15, 0.2) is 18.2 Å². The maximum atomic E-state index is 11.9. The summed E-state index contributed by atoms with van der Waals surface area (Å²) >= 11 is 5.77. The van der Waals surface area contributed by atoms with Crippen molar-refractivity contribution in [2.75, 3.05) is 19.8 Å². The van der Waals surface area contributed by atoms with Crippen molar-refractivity contribution in [1.82, 2.24) is 5.32 Å². The van der Waals surface area contributed by atoms with E-state index in [0.29, 0.717) is 25.7 Å². The molecule has 1 amide bonds. The van der Waals surface area contributed by atoms with E-state index in [1.54, 1.807) is 0 Å². The monoisotopic (exact) mass is 314 g/mol. The van der Waals surface area contributed by atoms with Crippen molar-refractivity contribution in [3.63, 3.8) is 0 Å². The van der Waals surface area contributed by atoms with Gasteiger partial charge in [0, 0.05) is 24.2 Å². The molecule has 0 aromatic heterocycles. The Bertz CT molecular complexity index is 506. The second-order valence-corrected chi connectivity index (χ2v) is 5.41. The van der Waals surface area contributed by atoms with E-state index in [9.17, 15) is 14.9 Å². The quantitative estimate of drug-likeness (QED) is 0.454. The van der Waals surface area contributed by atoms with Gasteiger partial charge in [-0.25, -0.2) is 0 Å². The number of nitrogens with zero attached hydrogens (tertiary/aromatic N) is 1. The minimum Gasteiger partial charge on any atom is -0.380 e. The molecule has 6 nitrogen and oxygen atoms in total. The lowest BCUT2D eigenvalue weighted by Crippen LogP contribution is -2.28. The van der Waals surface area contributed by atoms with E-state index in [0.717, 1.165) is 6.42 Å². The van der Waals surface area contributed by atoms with Crippen LogP contribution >= 0.6 is 11.6 Å². The summed E-state index contributed by atoms with van der Waals surface area (Å²) in [5.74, 6) is 0.0327. The van der Waals surface area contributed by atoms with Crippen molar-refractivity contribution >= 4 is 23.2 Å². The topological polar surface area (TPSA) is 81.5 Å². The molecule has 0 unspecified atom stereocenters. The molecule has 0 bridgehead atoms. The second-order valence-electron chi connectivity index (χ2n) is 4.97. The van der Waals surface area contributed by atoms with Crippen molar-refractivity contribution < 1.29 is 14.5 Å². The van der Waals surface area contributed by atoms with E-state index >= 15 is 0 Å². The molecule has 7 heteroatoms. The van der Waals surface area contributed by atoms with Crippen molar-refractivity contribution in [2.24, 2.45) is 5.92 Å². The van der Waals surface area contributed by atoms with Crippen LogP contribution in [0.3, 0.4) is 0 Å². The van der Waals surface area contributed by atoms with Gasteiger partial charge in [-0.05, 0) is 24.5 Å². The van der Waals surface area contributed by atoms with Gasteiger partial charge in [0.2, 0.25) is 0 Å². The van der Waals surface area contributed by atoms with E-state index in [2.05, 4.69) is 19.2 Å². The fraction of sp³-hybridized carbons (Fsp3) is 0.500. The third kappa shape index (κ3) is 6.10. The minimum absolute atomic E-state index is 0.0466. The molecule has 0 atom stereocenters. The molecule has 0 aliphatic carbocycles. The highest BCUT2D eigenvalue weighted by Crippen LogP contribution is 2.22. The van der Waals surface area contributed by atoms with Crippen molar-refractivity contribution in [3.05, 3.63) is 38.9 Å². The van der Waals surface area contributed by atoms with Crippen LogP contribution in [0.25, 0.3) is 0 Å². The molecule has 0 aliphatic rings. The van der Waals surface area contributed by atoms with Crippen molar-refractivity contribution in [2.45, 2.75) is 20.3 Å². The number of carbonyl (C=O) groups is 1. The molecule has 0 aliphatic heterocycles. The molecule has 0 saturated heterocycles. The summed E-state index contributed by atoms with van der Waals surface area (Å²) in [5.41, 5.74) is -0.313. The standard InChI is InChI=1S/C14H19ClN2O4/c1-10(2)5-7-21-8-6-16-14(18)12-9-11(15)3-4-13(12)17(19)20/h3-4,9-10H,5-8H2,1-2H3,(H,16,18). The summed E-state index contributed by atoms with van der Waals surface area (Å²) in [6.45, 7) is 5.49. The van der Waals surface area contributed by atoms with Crippen LogP contribution in [-0.2, 0) is 4.74 Å². The number of nitro groups is 1. The van der Waals surface area contributed by atoms with Crippen LogP contribution in [0, 0.1) is 16.0 Å². The Labute approximate surface area is 128 Å². The Morgan fingerprint density at radius 1 is 1.43 bits per heavy atom. The lowest BCUT2D eigenvalue weighted by molar-refractivity contribution is -0.385. The average Bonchev–Trinajstić information content (AvgIpc) is 2.41. The van der Waals surface area contributed by atoms with Crippen LogP contribution in [0.1, 0.15) is 30.6 Å². The van der Waals surface area contributed by atoms with Crippen LogP contribution in [0.5, 0.6) is 0 Å². The van der Waals surface area contributed by atoms with E-state index in [1.165, 1.54) is 18.2 Å². The maximum absolute atomic E-state index is 11.9. The fourth-order valence-corrected chi connectivity index (χ4v) is 1.77. The molecule has 0 radical (unpaired) electrons. The number of hydrogen-bond acceptors (Lipinski definition) is 4. The summed E-state index contributed by atoms with van der Waals surface area (Å²) < 4.78 is 5.36. The normalized spacial score (nSPS) is 10.7. The first-order valence-corrected chi connectivity index (χ1v) is 7.09. The second kappa shape index (κ2) is 8.59. The predicted octanol–water partition coefficient (Wildman–Crippen LogP) is 3.04. The predicted molar refractivity (Wildman–Crippen MR) is 80.7 cm³/mol. The molecule has 1 N–H and O–H groups in total. The summed E-state index contributed by atoms with van der Waals surface area (Å²) in [6.07, 6.45) is 0.952. The maximum Gasteiger partial charge on any atom is 0.282 e. The largest absolute Gasteiger partial charge is 0.380 e. The minimum atomic E-state index is -0.607. The summed E-state index contributed by atoms with van der Waals surface area (Å²) in [6, 6.07) is 3.89. The number of hydrogen-bond donors (Lipinski definition) is 1. The zero-order chi connectivity index (χ0) is 15.8. The lowest BCUT2D eigenvalue weighted by atomic mass is 10.1. The third-order valence-corrected chi connectivity index (χ3v) is 3.01. The van der Waals surface area contributed by atoms with Gasteiger partial charge in [-0.2, -0.15) is 0 Å². The molecule has 116 valence electrons. The van der Waals surface area contributed by atoms with Gasteiger partial charge >= 0.3 is 0 Å². The summed E-state index contributed by atoms with van der Waals surface area (Å²) in [4.78, 5) is 22.2. The van der Waals surface area contributed by atoms with Gasteiger partial charge < -0.3 is 10.1 Å². The van der Waals surface area contributed by atoms with E-state index < -0.39 is 10.8 Å². The van der Waals surface area contributed by atoms with Gasteiger partial charge in [-0.3, -0.25) is 14.9 Å². The Hall–Kier alpha value is -1.66. The Morgan fingerprint density at radius 3 is 2.76 bits per heavy atom. The van der Waals surface area contributed by atoms with Crippen molar-refractivity contribution in [1.29, 1.82) is 0 Å².